The molecule has 1 unspecified atom stereocenters. The minimum Gasteiger partial charge on any atom is -0.495 e. The van der Waals surface area contributed by atoms with Gasteiger partial charge in [-0.15, -0.1) is 5.10 Å². The molecule has 2 heterocycles. The summed E-state index contributed by atoms with van der Waals surface area (Å²) < 4.78 is 7.16. The lowest BCUT2D eigenvalue weighted by Gasteiger charge is -2.28. The van der Waals surface area contributed by atoms with Gasteiger partial charge in [0.1, 0.15) is 11.8 Å². The molecule has 1 atom stereocenters. The first-order valence-corrected chi connectivity index (χ1v) is 11.6. The molecule has 2 N–H and O–H groups in total. The van der Waals surface area contributed by atoms with Crippen molar-refractivity contribution in [3.05, 3.63) is 70.4 Å². The van der Waals surface area contributed by atoms with Crippen LogP contribution in [0, 0.1) is 0 Å². The zero-order valence-electron chi connectivity index (χ0n) is 18.1. The molecule has 1 aliphatic rings. The van der Waals surface area contributed by atoms with Crippen molar-refractivity contribution in [2.45, 2.75) is 31.5 Å². The maximum Gasteiger partial charge on any atom is 0.255 e. The van der Waals surface area contributed by atoms with Crippen molar-refractivity contribution in [3.8, 4) is 5.75 Å². The lowest BCUT2D eigenvalue weighted by atomic mass is 9.95. The number of benzene rings is 2. The first-order valence-electron chi connectivity index (χ1n) is 10.3. The van der Waals surface area contributed by atoms with Gasteiger partial charge in [0.2, 0.25) is 11.1 Å². The van der Waals surface area contributed by atoms with Gasteiger partial charge in [-0.3, -0.25) is 4.79 Å². The Hall–Kier alpha value is -2.97. The largest absolute Gasteiger partial charge is 0.495 e. The van der Waals surface area contributed by atoms with E-state index in [1.807, 2.05) is 43.3 Å². The van der Waals surface area contributed by atoms with Crippen molar-refractivity contribution < 1.29 is 9.53 Å². The fourth-order valence-corrected chi connectivity index (χ4v) is 4.38. The molecule has 1 aromatic heterocycles. The van der Waals surface area contributed by atoms with Crippen LogP contribution < -0.4 is 15.4 Å². The third kappa shape index (κ3) is 4.47. The fourth-order valence-electron chi connectivity index (χ4n) is 3.57. The number of para-hydroxylation sites is 2. The molecule has 4 rings (SSSR count). The van der Waals surface area contributed by atoms with Gasteiger partial charge < -0.3 is 15.4 Å². The van der Waals surface area contributed by atoms with Gasteiger partial charge in [-0.1, -0.05) is 54.6 Å². The average molecular weight is 470 g/mol. The topological polar surface area (TPSA) is 81.1 Å². The minimum absolute atomic E-state index is 0.247. The Labute approximate surface area is 196 Å². The second kappa shape index (κ2) is 9.67. The van der Waals surface area contributed by atoms with Crippen LogP contribution >= 0.6 is 23.4 Å². The van der Waals surface area contributed by atoms with Crippen molar-refractivity contribution in [2.75, 3.05) is 23.5 Å². The Kier molecular flexibility index (Phi) is 6.72. The Bertz CT molecular complexity index is 1160. The van der Waals surface area contributed by atoms with E-state index >= 15 is 0 Å². The molecule has 0 saturated carbocycles. The zero-order valence-corrected chi connectivity index (χ0v) is 19.6. The summed E-state index contributed by atoms with van der Waals surface area (Å²) in [5, 5.41) is 12.3. The molecule has 1 amide bonds. The van der Waals surface area contributed by atoms with Gasteiger partial charge in [0, 0.05) is 16.5 Å². The lowest BCUT2D eigenvalue weighted by Crippen LogP contribution is -2.31. The quantitative estimate of drug-likeness (QED) is 0.453. The van der Waals surface area contributed by atoms with Crippen molar-refractivity contribution in [2.24, 2.45) is 0 Å². The summed E-state index contributed by atoms with van der Waals surface area (Å²) in [6.45, 7) is 3.99. The van der Waals surface area contributed by atoms with E-state index in [-0.39, 0.29) is 5.91 Å². The monoisotopic (exact) mass is 469 g/mol. The number of fused-ring (bicyclic) bond motifs is 1. The van der Waals surface area contributed by atoms with Crippen LogP contribution in [0.1, 0.15) is 31.9 Å². The van der Waals surface area contributed by atoms with Gasteiger partial charge in [-0.25, -0.2) is 4.68 Å². The normalized spacial score (nSPS) is 15.2. The summed E-state index contributed by atoms with van der Waals surface area (Å²) >= 11 is 7.72. The number of methoxy groups -OCH3 is 1. The Morgan fingerprint density at radius 1 is 1.25 bits per heavy atom. The standard InChI is InChI=1S/C23H24ClN5O2S/c1-4-13-32-23-27-22-25-14(2)19(21(30)26-17-7-5-6-8-18(17)31-3)20(29(22)28-23)15-9-11-16(24)12-10-15/h5-12,20H,4,13H2,1-3H3,(H,26,30)(H,25,27,28). The molecule has 0 bridgehead atoms. The molecule has 7 nitrogen and oxygen atoms in total. The number of thioether (sulfide) groups is 1. The number of hydrogen-bond donors (Lipinski definition) is 2. The fraction of sp³-hybridized carbons (Fsp3) is 0.261. The van der Waals surface area contributed by atoms with E-state index in [4.69, 9.17) is 21.4 Å². The highest BCUT2D eigenvalue weighted by atomic mass is 35.5. The Morgan fingerprint density at radius 3 is 2.72 bits per heavy atom. The zero-order chi connectivity index (χ0) is 22.7. The number of rotatable bonds is 7. The molecule has 0 radical (unpaired) electrons. The second-order valence-corrected chi connectivity index (χ2v) is 8.78. The maximum atomic E-state index is 13.5. The maximum absolute atomic E-state index is 13.5. The van der Waals surface area contributed by atoms with Gasteiger partial charge in [-0.2, -0.15) is 4.98 Å². The van der Waals surface area contributed by atoms with Crippen LogP contribution in [0.5, 0.6) is 5.75 Å². The molecule has 0 fully saturated rings. The number of ether oxygens (including phenoxy) is 1. The molecular weight excluding hydrogens is 446 g/mol. The summed E-state index contributed by atoms with van der Waals surface area (Å²) in [6, 6.07) is 14.3. The van der Waals surface area contributed by atoms with Crippen LogP contribution in [0.25, 0.3) is 0 Å². The van der Waals surface area contributed by atoms with Crippen LogP contribution in [-0.4, -0.2) is 33.5 Å². The molecule has 9 heteroatoms. The number of amides is 1. The number of aromatic nitrogens is 3. The van der Waals surface area contributed by atoms with E-state index < -0.39 is 6.04 Å². The molecule has 0 aliphatic carbocycles. The summed E-state index contributed by atoms with van der Waals surface area (Å²) in [6.07, 6.45) is 1.02. The molecule has 2 aromatic carbocycles. The third-order valence-corrected chi connectivity index (χ3v) is 6.35. The summed E-state index contributed by atoms with van der Waals surface area (Å²) in [4.78, 5) is 18.2. The number of hydrogen-bond acceptors (Lipinski definition) is 6. The number of nitrogens with zero attached hydrogens (tertiary/aromatic N) is 3. The minimum atomic E-state index is -0.457. The number of anilines is 2. The molecule has 3 aromatic rings. The highest BCUT2D eigenvalue weighted by Crippen LogP contribution is 2.37. The first kappa shape index (κ1) is 22.2. The average Bonchev–Trinajstić information content (AvgIpc) is 3.20. The number of carbonyl (C=O) groups is 1. The predicted octanol–water partition coefficient (Wildman–Crippen LogP) is 5.37. The third-order valence-electron chi connectivity index (χ3n) is 5.05. The van der Waals surface area contributed by atoms with Gasteiger partial charge >= 0.3 is 0 Å². The number of halogens is 1. The van der Waals surface area contributed by atoms with Crippen LogP contribution in [0.4, 0.5) is 11.6 Å². The Morgan fingerprint density at radius 2 is 2.00 bits per heavy atom. The van der Waals surface area contributed by atoms with Crippen molar-refractivity contribution in [3.63, 3.8) is 0 Å². The molecular formula is C23H24ClN5O2S. The van der Waals surface area contributed by atoms with Gasteiger partial charge in [0.05, 0.1) is 18.4 Å². The number of carbonyl (C=O) groups excluding carboxylic acids is 1. The molecule has 1 aliphatic heterocycles. The van der Waals surface area contributed by atoms with Crippen LogP contribution in [0.3, 0.4) is 0 Å². The molecule has 166 valence electrons. The highest BCUT2D eigenvalue weighted by molar-refractivity contribution is 7.99. The van der Waals surface area contributed by atoms with E-state index in [0.717, 1.165) is 17.7 Å². The molecule has 32 heavy (non-hydrogen) atoms. The van der Waals surface area contributed by atoms with E-state index in [0.29, 0.717) is 38.8 Å². The molecule has 0 saturated heterocycles. The number of allylic oxidation sites excluding steroid dienone is 1. The number of nitrogens with one attached hydrogen (secondary N) is 2. The van der Waals surface area contributed by atoms with E-state index in [9.17, 15) is 4.79 Å². The first-order chi connectivity index (χ1) is 15.5. The second-order valence-electron chi connectivity index (χ2n) is 7.28. The van der Waals surface area contributed by atoms with Gasteiger partial charge in [0.25, 0.3) is 5.91 Å². The van der Waals surface area contributed by atoms with E-state index in [2.05, 4.69) is 22.5 Å². The van der Waals surface area contributed by atoms with Crippen LogP contribution in [0.15, 0.2) is 65.0 Å². The van der Waals surface area contributed by atoms with E-state index in [1.54, 1.807) is 35.7 Å². The SMILES string of the molecule is CCCSc1nc2n(n1)C(c1ccc(Cl)cc1)C(C(=O)Nc1ccccc1OC)=C(C)N2. The van der Waals surface area contributed by atoms with Gasteiger partial charge in [0.15, 0.2) is 0 Å². The van der Waals surface area contributed by atoms with Crippen molar-refractivity contribution in [1.82, 2.24) is 14.8 Å². The van der Waals surface area contributed by atoms with Crippen LogP contribution in [-0.2, 0) is 4.79 Å². The lowest BCUT2D eigenvalue weighted by molar-refractivity contribution is -0.113. The van der Waals surface area contributed by atoms with Gasteiger partial charge in [-0.05, 0) is 43.2 Å². The van der Waals surface area contributed by atoms with Crippen LogP contribution in [0.2, 0.25) is 5.02 Å². The van der Waals surface area contributed by atoms with Crippen molar-refractivity contribution in [1.29, 1.82) is 0 Å². The Balaban J connectivity index is 1.76. The smallest absolute Gasteiger partial charge is 0.255 e. The summed E-state index contributed by atoms with van der Waals surface area (Å²) in [5.74, 6) is 1.87. The van der Waals surface area contributed by atoms with E-state index in [1.165, 1.54) is 0 Å². The summed E-state index contributed by atoms with van der Waals surface area (Å²) in [5.41, 5.74) is 2.74. The van der Waals surface area contributed by atoms with Crippen molar-refractivity contribution >= 4 is 40.9 Å². The summed E-state index contributed by atoms with van der Waals surface area (Å²) in [7, 11) is 1.57. The highest BCUT2D eigenvalue weighted by Gasteiger charge is 2.34. The molecule has 0 spiro atoms. The predicted molar refractivity (Wildman–Crippen MR) is 129 cm³/mol.